The van der Waals surface area contributed by atoms with Crippen LogP contribution in [0, 0.1) is 0 Å². The smallest absolute Gasteiger partial charge is 0.289 e. The molecule has 4 aromatic rings. The highest BCUT2D eigenvalue weighted by Gasteiger charge is 2.26. The highest BCUT2D eigenvalue weighted by atomic mass is 35.5. The summed E-state index contributed by atoms with van der Waals surface area (Å²) in [6, 6.07) is 8.92. The molecule has 1 fully saturated rings. The summed E-state index contributed by atoms with van der Waals surface area (Å²) in [5.74, 6) is 1.04. The zero-order chi connectivity index (χ0) is 23.2. The molecule has 0 aliphatic carbocycles. The topological polar surface area (TPSA) is 123 Å². The Morgan fingerprint density at radius 1 is 1.18 bits per heavy atom. The number of ether oxygens (including phenoxy) is 2. The summed E-state index contributed by atoms with van der Waals surface area (Å²) >= 11 is 6.18. The number of rotatable bonds is 4. The fourth-order valence-corrected chi connectivity index (χ4v) is 4.39. The maximum Gasteiger partial charge on any atom is 0.289 e. The minimum atomic E-state index is -0.237. The molecule has 0 bridgehead atoms. The number of hydrogen-bond acceptors (Lipinski definition) is 9. The van der Waals surface area contributed by atoms with Gasteiger partial charge < -0.3 is 29.8 Å². The number of hydrogen-bond donors (Lipinski definition) is 3. The maximum atomic E-state index is 12.5. The van der Waals surface area contributed by atoms with Crippen molar-refractivity contribution in [1.82, 2.24) is 20.3 Å². The lowest BCUT2D eigenvalue weighted by Crippen LogP contribution is -2.34. The number of amides is 1. The molecule has 34 heavy (non-hydrogen) atoms. The third kappa shape index (κ3) is 3.84. The Bertz CT molecular complexity index is 1420. The van der Waals surface area contributed by atoms with E-state index in [-0.39, 0.29) is 34.8 Å². The van der Waals surface area contributed by atoms with Gasteiger partial charge in [0, 0.05) is 36.7 Å². The van der Waals surface area contributed by atoms with E-state index in [9.17, 15) is 4.79 Å². The van der Waals surface area contributed by atoms with E-state index in [1.165, 1.54) is 6.07 Å². The number of nitrogens with one attached hydrogen (secondary N) is 3. The average Bonchev–Trinajstić information content (AvgIpc) is 3.42. The normalized spacial score (nSPS) is 20.0. The molecular weight excluding hydrogens is 460 g/mol. The zero-order valence-corrected chi connectivity index (χ0v) is 19.0. The highest BCUT2D eigenvalue weighted by molar-refractivity contribution is 6.29. The first-order chi connectivity index (χ1) is 16.5. The van der Waals surface area contributed by atoms with Gasteiger partial charge in [-0.3, -0.25) is 4.79 Å². The highest BCUT2D eigenvalue weighted by Crippen LogP contribution is 2.38. The summed E-state index contributed by atoms with van der Waals surface area (Å²) in [5.41, 5.74) is 1.97. The van der Waals surface area contributed by atoms with Gasteiger partial charge in [-0.15, -0.1) is 0 Å². The van der Waals surface area contributed by atoms with Gasteiger partial charge in [-0.05, 0) is 31.5 Å². The van der Waals surface area contributed by atoms with Gasteiger partial charge in [-0.1, -0.05) is 11.6 Å². The van der Waals surface area contributed by atoms with Gasteiger partial charge >= 0.3 is 0 Å². The van der Waals surface area contributed by atoms with E-state index in [0.29, 0.717) is 48.4 Å². The molecule has 0 radical (unpaired) electrons. The van der Waals surface area contributed by atoms with Crippen LogP contribution >= 0.6 is 11.6 Å². The number of fused-ring (bicyclic) bond motifs is 5. The Kier molecular flexibility index (Phi) is 5.11. The van der Waals surface area contributed by atoms with Crippen LogP contribution in [-0.4, -0.2) is 52.7 Å². The van der Waals surface area contributed by atoms with Gasteiger partial charge in [0.1, 0.15) is 10.7 Å². The van der Waals surface area contributed by atoms with Gasteiger partial charge in [0.15, 0.2) is 0 Å². The van der Waals surface area contributed by atoms with Crippen molar-refractivity contribution >= 4 is 51.0 Å². The lowest BCUT2D eigenvalue weighted by molar-refractivity contribution is 0.0920. The third-order valence-corrected chi connectivity index (χ3v) is 6.00. The van der Waals surface area contributed by atoms with Gasteiger partial charge in [0.2, 0.25) is 23.5 Å². The number of anilines is 2. The van der Waals surface area contributed by atoms with E-state index >= 15 is 0 Å². The van der Waals surface area contributed by atoms with Crippen molar-refractivity contribution in [2.45, 2.75) is 25.4 Å². The monoisotopic (exact) mass is 480 g/mol. The van der Waals surface area contributed by atoms with Crippen molar-refractivity contribution in [3.63, 3.8) is 0 Å². The summed E-state index contributed by atoms with van der Waals surface area (Å²) in [6.07, 6.45) is 0.875. The molecule has 2 atom stereocenters. The number of aromatic nitrogens is 3. The second-order valence-corrected chi connectivity index (χ2v) is 8.76. The van der Waals surface area contributed by atoms with Crippen LogP contribution in [0.25, 0.3) is 21.9 Å². The quantitative estimate of drug-likeness (QED) is 0.372. The minimum absolute atomic E-state index is 0.0153. The molecule has 1 saturated heterocycles. The van der Waals surface area contributed by atoms with Crippen LogP contribution in [0.4, 0.5) is 11.6 Å². The van der Waals surface area contributed by atoms with E-state index in [1.807, 2.05) is 19.1 Å². The summed E-state index contributed by atoms with van der Waals surface area (Å²) in [4.78, 5) is 25.8. The van der Waals surface area contributed by atoms with Crippen molar-refractivity contribution in [2.75, 3.05) is 30.4 Å². The molecule has 3 aromatic heterocycles. The van der Waals surface area contributed by atoms with Crippen molar-refractivity contribution in [1.29, 1.82) is 0 Å². The zero-order valence-electron chi connectivity index (χ0n) is 18.2. The van der Waals surface area contributed by atoms with Crippen LogP contribution in [0.3, 0.4) is 0 Å². The average molecular weight is 481 g/mol. The van der Waals surface area contributed by atoms with E-state index < -0.39 is 0 Å². The van der Waals surface area contributed by atoms with E-state index in [2.05, 4.69) is 30.9 Å². The molecule has 5 heterocycles. The second kappa shape index (κ2) is 8.30. The van der Waals surface area contributed by atoms with Gasteiger partial charge in [0.25, 0.3) is 5.91 Å². The largest absolute Gasteiger partial charge is 0.449 e. The standard InChI is InChI=1S/C23H21ClN6O4/c1-11-9-25-20-19-13-2-5-17(28-14(13)3-4-15(19)33-21(20)22(31)26-11)34-18-8-16(24)29-23(30-18)27-12-6-7-32-10-12/h2-5,8,11-12,25H,6-7,9-10H2,1H3,(H,26,31)(H,27,29,30)/t11-,12?/m1/s1. The van der Waals surface area contributed by atoms with Crippen molar-refractivity contribution in [2.24, 2.45) is 0 Å². The third-order valence-electron chi connectivity index (χ3n) is 5.81. The van der Waals surface area contributed by atoms with Crippen molar-refractivity contribution < 1.29 is 18.7 Å². The van der Waals surface area contributed by atoms with Crippen LogP contribution in [0.5, 0.6) is 11.8 Å². The lowest BCUT2D eigenvalue weighted by atomic mass is 10.1. The molecule has 2 aliphatic rings. The van der Waals surface area contributed by atoms with Crippen LogP contribution < -0.4 is 20.7 Å². The number of furan rings is 1. The number of halogens is 1. The molecule has 6 rings (SSSR count). The van der Waals surface area contributed by atoms with Crippen molar-refractivity contribution in [3.8, 4) is 11.8 Å². The Morgan fingerprint density at radius 2 is 2.09 bits per heavy atom. The first-order valence-electron chi connectivity index (χ1n) is 11.0. The van der Waals surface area contributed by atoms with E-state index in [1.54, 1.807) is 12.1 Å². The predicted octanol–water partition coefficient (Wildman–Crippen LogP) is 3.96. The molecule has 0 spiro atoms. The molecular formula is C23H21ClN6O4. The minimum Gasteiger partial charge on any atom is -0.449 e. The van der Waals surface area contributed by atoms with Gasteiger partial charge in [-0.2, -0.15) is 4.98 Å². The fraction of sp³-hybridized carbons (Fsp3) is 0.304. The summed E-state index contributed by atoms with van der Waals surface area (Å²) in [5, 5.41) is 11.4. The molecule has 1 aromatic carbocycles. The summed E-state index contributed by atoms with van der Waals surface area (Å²) in [7, 11) is 0. The molecule has 1 amide bonds. The Morgan fingerprint density at radius 3 is 2.94 bits per heavy atom. The fourth-order valence-electron chi connectivity index (χ4n) is 4.22. The van der Waals surface area contributed by atoms with Crippen LogP contribution in [0.15, 0.2) is 34.7 Å². The Labute approximate surface area is 199 Å². The Balaban J connectivity index is 1.33. The molecule has 3 N–H and O–H groups in total. The molecule has 2 aliphatic heterocycles. The number of carbonyl (C=O) groups is 1. The second-order valence-electron chi connectivity index (χ2n) is 8.38. The molecule has 0 saturated carbocycles. The Hall–Kier alpha value is -3.63. The number of benzene rings is 1. The predicted molar refractivity (Wildman–Crippen MR) is 127 cm³/mol. The number of pyridine rings is 1. The van der Waals surface area contributed by atoms with Gasteiger partial charge in [0.05, 0.1) is 29.2 Å². The van der Waals surface area contributed by atoms with Crippen LogP contribution in [-0.2, 0) is 4.74 Å². The summed E-state index contributed by atoms with van der Waals surface area (Å²) in [6.45, 7) is 3.83. The number of nitrogens with zero attached hydrogens (tertiary/aromatic N) is 3. The van der Waals surface area contributed by atoms with Crippen molar-refractivity contribution in [3.05, 3.63) is 41.2 Å². The first-order valence-corrected chi connectivity index (χ1v) is 11.4. The summed E-state index contributed by atoms with van der Waals surface area (Å²) < 4.78 is 17.2. The SMILES string of the molecule is C[C@@H]1CNc2c(oc3ccc4nc(Oc5cc(Cl)nc(NC6CCOC6)n5)ccc4c23)C(=O)N1. The van der Waals surface area contributed by atoms with E-state index in [4.69, 9.17) is 25.5 Å². The maximum absolute atomic E-state index is 12.5. The lowest BCUT2D eigenvalue weighted by Gasteiger charge is -2.12. The molecule has 1 unspecified atom stereocenters. The van der Waals surface area contributed by atoms with Gasteiger partial charge in [-0.25, -0.2) is 9.97 Å². The molecule has 11 heteroatoms. The van der Waals surface area contributed by atoms with E-state index in [0.717, 1.165) is 17.2 Å². The van der Waals surface area contributed by atoms with Crippen LogP contribution in [0.2, 0.25) is 5.15 Å². The van der Waals surface area contributed by atoms with Crippen LogP contribution in [0.1, 0.15) is 23.9 Å². The number of carbonyl (C=O) groups excluding carboxylic acids is 1. The molecule has 174 valence electrons. The molecule has 10 nitrogen and oxygen atoms in total. The first kappa shape index (κ1) is 20.9.